The Morgan fingerprint density at radius 2 is 2.07 bits per heavy atom. The molecule has 0 aromatic carbocycles. The lowest BCUT2D eigenvalue weighted by atomic mass is 9.89. The highest BCUT2D eigenvalue weighted by atomic mass is 16.3. The van der Waals surface area contributed by atoms with Gasteiger partial charge in [0.2, 0.25) is 11.8 Å². The lowest BCUT2D eigenvalue weighted by Gasteiger charge is -2.32. The van der Waals surface area contributed by atoms with Crippen LogP contribution in [0.15, 0.2) is 0 Å². The van der Waals surface area contributed by atoms with Gasteiger partial charge in [0.1, 0.15) is 0 Å². The second kappa shape index (κ2) is 4.41. The molecule has 2 N–H and O–H groups in total. The number of carbonyl (C=O) groups is 2. The fraction of sp³-hybridized carbons (Fsp3) is 0.778. The molecule has 0 aliphatic heterocycles. The van der Waals surface area contributed by atoms with E-state index in [0.29, 0.717) is 12.8 Å². The maximum Gasteiger partial charge on any atom is 0.239 e. The number of nitrogens with one attached hydrogen (secondary N) is 1. The summed E-state index contributed by atoms with van der Waals surface area (Å²) in [6, 6.07) is 0.0814. The van der Waals surface area contributed by atoms with Crippen molar-refractivity contribution in [2.24, 2.45) is 0 Å². The molecule has 0 atom stereocenters. The highest BCUT2D eigenvalue weighted by Gasteiger charge is 2.28. The van der Waals surface area contributed by atoms with Crippen molar-refractivity contribution >= 4 is 11.8 Å². The van der Waals surface area contributed by atoms with Gasteiger partial charge >= 0.3 is 0 Å². The van der Waals surface area contributed by atoms with E-state index in [1.807, 2.05) is 0 Å². The number of amides is 2. The van der Waals surface area contributed by atoms with E-state index in [1.54, 1.807) is 7.05 Å². The molecule has 1 fully saturated rings. The number of carbonyl (C=O) groups excluding carboxylic acids is 2. The Morgan fingerprint density at radius 3 is 2.50 bits per heavy atom. The van der Waals surface area contributed by atoms with Gasteiger partial charge in [0, 0.05) is 20.0 Å². The average Bonchev–Trinajstić information content (AvgIpc) is 2.01. The summed E-state index contributed by atoms with van der Waals surface area (Å²) in [7, 11) is 1.58. The number of aliphatic hydroxyl groups excluding tert-OH is 1. The quantitative estimate of drug-likeness (QED) is 0.620. The van der Waals surface area contributed by atoms with Gasteiger partial charge in [-0.1, -0.05) is 0 Å². The predicted octanol–water partition coefficient (Wildman–Crippen LogP) is -0.896. The van der Waals surface area contributed by atoms with Gasteiger partial charge in [0.05, 0.1) is 12.6 Å². The normalized spacial score (nSPS) is 25.1. The number of likely N-dealkylation sites (N-methyl/N-ethyl adjacent to an activating group) is 1. The zero-order valence-corrected chi connectivity index (χ0v) is 8.49. The Balaban J connectivity index is 2.19. The lowest BCUT2D eigenvalue weighted by Crippen LogP contribution is -2.49. The highest BCUT2D eigenvalue weighted by Crippen LogP contribution is 2.18. The van der Waals surface area contributed by atoms with Crippen LogP contribution in [-0.2, 0) is 9.59 Å². The van der Waals surface area contributed by atoms with Gasteiger partial charge in [0.25, 0.3) is 0 Å². The minimum absolute atomic E-state index is 0.0814. The summed E-state index contributed by atoms with van der Waals surface area (Å²) in [6.45, 7) is 1.50. The van der Waals surface area contributed by atoms with Crippen molar-refractivity contribution in [3.63, 3.8) is 0 Å². The summed E-state index contributed by atoms with van der Waals surface area (Å²) in [4.78, 5) is 23.4. The molecular formula is C9H16N2O3. The molecule has 5 heteroatoms. The molecule has 80 valence electrons. The highest BCUT2D eigenvalue weighted by molar-refractivity contribution is 5.83. The summed E-state index contributed by atoms with van der Waals surface area (Å²) in [6.07, 6.45) is 0.969. The molecule has 0 aromatic rings. The van der Waals surface area contributed by atoms with E-state index in [2.05, 4.69) is 5.32 Å². The van der Waals surface area contributed by atoms with Gasteiger partial charge in [-0.05, 0) is 12.8 Å². The second-order valence-electron chi connectivity index (χ2n) is 3.76. The third kappa shape index (κ3) is 2.99. The van der Waals surface area contributed by atoms with E-state index in [-0.39, 0.29) is 30.5 Å². The van der Waals surface area contributed by atoms with Gasteiger partial charge in [0.15, 0.2) is 0 Å². The van der Waals surface area contributed by atoms with Crippen LogP contribution in [0.3, 0.4) is 0 Å². The summed E-state index contributed by atoms with van der Waals surface area (Å²) < 4.78 is 0. The zero-order chi connectivity index (χ0) is 10.7. The molecule has 0 heterocycles. The Morgan fingerprint density at radius 1 is 1.50 bits per heavy atom. The Hall–Kier alpha value is -1.10. The number of nitrogens with zero attached hydrogens (tertiary/aromatic N) is 1. The number of hydrogen-bond donors (Lipinski definition) is 2. The molecule has 1 aliphatic rings. The first kappa shape index (κ1) is 11.0. The molecule has 0 aromatic heterocycles. The minimum atomic E-state index is -0.272. The van der Waals surface area contributed by atoms with Crippen molar-refractivity contribution in [1.29, 1.82) is 0 Å². The molecule has 2 amide bonds. The Kier molecular flexibility index (Phi) is 3.46. The first-order valence-electron chi connectivity index (χ1n) is 4.68. The first-order chi connectivity index (χ1) is 6.49. The third-order valence-corrected chi connectivity index (χ3v) is 2.40. The van der Waals surface area contributed by atoms with Crippen LogP contribution in [0.1, 0.15) is 19.8 Å². The van der Waals surface area contributed by atoms with Crippen LogP contribution in [0, 0.1) is 0 Å². The summed E-state index contributed by atoms with van der Waals surface area (Å²) in [5.41, 5.74) is 0. The molecule has 14 heavy (non-hydrogen) atoms. The monoisotopic (exact) mass is 200 g/mol. The van der Waals surface area contributed by atoms with Gasteiger partial charge in [-0.3, -0.25) is 9.59 Å². The van der Waals surface area contributed by atoms with Crippen molar-refractivity contribution in [2.45, 2.75) is 31.9 Å². The fourth-order valence-corrected chi connectivity index (χ4v) is 1.31. The van der Waals surface area contributed by atoms with E-state index in [9.17, 15) is 9.59 Å². The molecule has 0 radical (unpaired) electrons. The van der Waals surface area contributed by atoms with Crippen molar-refractivity contribution in [3.8, 4) is 0 Å². The zero-order valence-electron chi connectivity index (χ0n) is 8.49. The van der Waals surface area contributed by atoms with Crippen LogP contribution in [0.5, 0.6) is 0 Å². The molecule has 0 unspecified atom stereocenters. The molecule has 5 nitrogen and oxygen atoms in total. The van der Waals surface area contributed by atoms with Gasteiger partial charge < -0.3 is 15.3 Å². The van der Waals surface area contributed by atoms with Crippen molar-refractivity contribution in [1.82, 2.24) is 10.2 Å². The van der Waals surface area contributed by atoms with Crippen LogP contribution >= 0.6 is 0 Å². The standard InChI is InChI=1S/C9H16N2O3/c1-6(12)11(2)5-9(14)10-7-3-8(13)4-7/h7-8,13H,3-5H2,1-2H3,(H,10,14). The van der Waals surface area contributed by atoms with Gasteiger partial charge in [-0.2, -0.15) is 0 Å². The van der Waals surface area contributed by atoms with E-state index in [4.69, 9.17) is 5.11 Å². The van der Waals surface area contributed by atoms with E-state index >= 15 is 0 Å². The lowest BCUT2D eigenvalue weighted by molar-refractivity contribution is -0.133. The average molecular weight is 200 g/mol. The maximum absolute atomic E-state index is 11.3. The number of aliphatic hydroxyl groups is 1. The molecule has 1 aliphatic carbocycles. The Labute approximate surface area is 83.1 Å². The van der Waals surface area contributed by atoms with Crippen molar-refractivity contribution < 1.29 is 14.7 Å². The molecule has 1 saturated carbocycles. The van der Waals surface area contributed by atoms with Gasteiger partial charge in [-0.25, -0.2) is 0 Å². The maximum atomic E-state index is 11.3. The first-order valence-corrected chi connectivity index (χ1v) is 4.68. The largest absolute Gasteiger partial charge is 0.393 e. The topological polar surface area (TPSA) is 69.6 Å². The van der Waals surface area contributed by atoms with Crippen LogP contribution < -0.4 is 5.32 Å². The van der Waals surface area contributed by atoms with E-state index < -0.39 is 0 Å². The van der Waals surface area contributed by atoms with Crippen LogP contribution in [0.4, 0.5) is 0 Å². The number of hydrogen-bond acceptors (Lipinski definition) is 3. The molecule has 0 spiro atoms. The smallest absolute Gasteiger partial charge is 0.239 e. The summed E-state index contributed by atoms with van der Waals surface area (Å²) in [5, 5.41) is 11.7. The van der Waals surface area contributed by atoms with Crippen molar-refractivity contribution in [3.05, 3.63) is 0 Å². The molecule has 1 rings (SSSR count). The van der Waals surface area contributed by atoms with Crippen molar-refractivity contribution in [2.75, 3.05) is 13.6 Å². The van der Waals surface area contributed by atoms with E-state index in [0.717, 1.165) is 0 Å². The molecular weight excluding hydrogens is 184 g/mol. The fourth-order valence-electron chi connectivity index (χ4n) is 1.31. The minimum Gasteiger partial charge on any atom is -0.393 e. The van der Waals surface area contributed by atoms with Crippen LogP contribution in [-0.4, -0.2) is 47.6 Å². The SMILES string of the molecule is CC(=O)N(C)CC(=O)NC1CC(O)C1. The van der Waals surface area contributed by atoms with Gasteiger partial charge in [-0.15, -0.1) is 0 Å². The number of rotatable bonds is 3. The van der Waals surface area contributed by atoms with E-state index in [1.165, 1.54) is 11.8 Å². The summed E-state index contributed by atoms with van der Waals surface area (Å²) in [5.74, 6) is -0.298. The van der Waals surface area contributed by atoms with Crippen LogP contribution in [0.25, 0.3) is 0 Å². The predicted molar refractivity (Wildman–Crippen MR) is 50.5 cm³/mol. The third-order valence-electron chi connectivity index (χ3n) is 2.40. The Bertz CT molecular complexity index is 236. The summed E-state index contributed by atoms with van der Waals surface area (Å²) >= 11 is 0. The second-order valence-corrected chi connectivity index (χ2v) is 3.76. The van der Waals surface area contributed by atoms with Crippen LogP contribution in [0.2, 0.25) is 0 Å². The molecule has 0 saturated heterocycles. The molecule has 0 bridgehead atoms.